The molecular weight excluding hydrogens is 262 g/mol. The minimum absolute atomic E-state index is 0.630. The highest BCUT2D eigenvalue weighted by Crippen LogP contribution is 2.33. The first-order valence-electron chi connectivity index (χ1n) is 7.38. The molecule has 21 heavy (non-hydrogen) atoms. The molecule has 0 unspecified atom stereocenters. The first-order valence-corrected chi connectivity index (χ1v) is 7.38. The van der Waals surface area contributed by atoms with Crippen LogP contribution in [0.5, 0.6) is 11.5 Å². The van der Waals surface area contributed by atoms with Gasteiger partial charge in [0.25, 0.3) is 0 Å². The van der Waals surface area contributed by atoms with Crippen molar-refractivity contribution in [2.24, 2.45) is 0 Å². The Hall–Kier alpha value is -2.29. The summed E-state index contributed by atoms with van der Waals surface area (Å²) in [6.07, 6.45) is 2.08. The number of nitrogens with zero attached hydrogens (tertiary/aromatic N) is 1. The smallest absolute Gasteiger partial charge is 0.211 e. The van der Waals surface area contributed by atoms with Crippen LogP contribution in [0.3, 0.4) is 0 Å². The van der Waals surface area contributed by atoms with Gasteiger partial charge >= 0.3 is 0 Å². The number of fused-ring (bicyclic) bond motifs is 2. The maximum atomic E-state index is 5.73. The van der Waals surface area contributed by atoms with E-state index in [-0.39, 0.29) is 0 Å². The van der Waals surface area contributed by atoms with Gasteiger partial charge in [-0.15, -0.1) is 0 Å². The van der Waals surface area contributed by atoms with Crippen LogP contribution >= 0.6 is 0 Å². The Labute approximate surface area is 124 Å². The van der Waals surface area contributed by atoms with Crippen LogP contribution in [0.15, 0.2) is 42.6 Å². The molecule has 0 fully saturated rings. The number of aryl methyl sites for hydroxylation is 1. The molecule has 0 saturated heterocycles. The van der Waals surface area contributed by atoms with Crippen molar-refractivity contribution in [3.05, 3.63) is 48.3 Å². The third-order valence-corrected chi connectivity index (χ3v) is 3.66. The normalized spacial score (nSPS) is 11.0. The van der Waals surface area contributed by atoms with Crippen molar-refractivity contribution in [2.75, 3.05) is 13.2 Å². The van der Waals surface area contributed by atoms with Gasteiger partial charge < -0.3 is 9.47 Å². The summed E-state index contributed by atoms with van der Waals surface area (Å²) in [6, 6.07) is 12.6. The lowest BCUT2D eigenvalue weighted by molar-refractivity contribution is -0.518. The molecule has 0 aliphatic carbocycles. The maximum Gasteiger partial charge on any atom is 0.211 e. The highest BCUT2D eigenvalue weighted by Gasteiger charge is 2.15. The average molecular weight is 282 g/mol. The van der Waals surface area contributed by atoms with E-state index in [4.69, 9.17) is 9.47 Å². The van der Waals surface area contributed by atoms with Crippen LogP contribution in [0, 0.1) is 6.92 Å². The van der Waals surface area contributed by atoms with E-state index in [0.29, 0.717) is 13.2 Å². The molecule has 0 amide bonds. The van der Waals surface area contributed by atoms with E-state index in [0.717, 1.165) is 11.5 Å². The van der Waals surface area contributed by atoms with Gasteiger partial charge in [0, 0.05) is 25.1 Å². The monoisotopic (exact) mass is 282 g/mol. The number of aromatic nitrogens is 1. The lowest BCUT2D eigenvalue weighted by atomic mass is 10.1. The van der Waals surface area contributed by atoms with E-state index < -0.39 is 0 Å². The number of hydrogen-bond acceptors (Lipinski definition) is 2. The standard InChI is InChI=1S/C18H20NO2/c1-4-20-17-11-14-10-15-8-6-7-9-19(15)13(3)16(14)12-18(17)21-5-2/h6-12H,4-5H2,1-3H3/q+1. The molecule has 0 spiro atoms. The zero-order valence-electron chi connectivity index (χ0n) is 12.7. The fraction of sp³-hybridized carbons (Fsp3) is 0.278. The second-order valence-electron chi connectivity index (χ2n) is 4.98. The number of pyridine rings is 2. The van der Waals surface area contributed by atoms with Gasteiger partial charge in [-0.05, 0) is 37.4 Å². The molecule has 0 bridgehead atoms. The molecule has 3 rings (SSSR count). The van der Waals surface area contributed by atoms with Crippen LogP contribution < -0.4 is 13.9 Å². The zero-order chi connectivity index (χ0) is 14.8. The van der Waals surface area contributed by atoms with E-state index in [1.54, 1.807) is 0 Å². The van der Waals surface area contributed by atoms with E-state index in [9.17, 15) is 0 Å². The van der Waals surface area contributed by atoms with Gasteiger partial charge in [-0.3, -0.25) is 0 Å². The Morgan fingerprint density at radius 1 is 0.952 bits per heavy atom. The van der Waals surface area contributed by atoms with Crippen LogP contribution in [-0.4, -0.2) is 13.2 Å². The third kappa shape index (κ3) is 2.40. The van der Waals surface area contributed by atoms with Crippen LogP contribution in [0.25, 0.3) is 16.3 Å². The predicted octanol–water partition coefficient (Wildman–Crippen LogP) is 3.68. The molecular formula is C18H20NO2+. The second kappa shape index (κ2) is 5.60. The summed E-state index contributed by atoms with van der Waals surface area (Å²) < 4.78 is 13.6. The molecule has 0 saturated carbocycles. The third-order valence-electron chi connectivity index (χ3n) is 3.66. The Morgan fingerprint density at radius 3 is 2.38 bits per heavy atom. The maximum absolute atomic E-state index is 5.73. The Balaban J connectivity index is 2.31. The fourth-order valence-electron chi connectivity index (χ4n) is 2.71. The summed E-state index contributed by atoms with van der Waals surface area (Å²) in [7, 11) is 0. The molecule has 3 aromatic rings. The lowest BCUT2D eigenvalue weighted by Crippen LogP contribution is -2.25. The molecule has 0 aliphatic rings. The highest BCUT2D eigenvalue weighted by atomic mass is 16.5. The first kappa shape index (κ1) is 13.7. The fourth-order valence-corrected chi connectivity index (χ4v) is 2.71. The van der Waals surface area contributed by atoms with Gasteiger partial charge in [0.1, 0.15) is 0 Å². The van der Waals surface area contributed by atoms with Gasteiger partial charge in [0.05, 0.1) is 18.6 Å². The number of hydrogen-bond donors (Lipinski definition) is 0. The molecule has 0 N–H and O–H groups in total. The van der Waals surface area contributed by atoms with Crippen LogP contribution in [-0.2, 0) is 0 Å². The van der Waals surface area contributed by atoms with Crippen molar-refractivity contribution >= 4 is 16.3 Å². The summed E-state index contributed by atoms with van der Waals surface area (Å²) in [4.78, 5) is 0. The van der Waals surface area contributed by atoms with Crippen molar-refractivity contribution in [3.8, 4) is 11.5 Å². The van der Waals surface area contributed by atoms with Crippen LogP contribution in [0.1, 0.15) is 19.5 Å². The van der Waals surface area contributed by atoms with Gasteiger partial charge in [-0.2, -0.15) is 4.40 Å². The minimum atomic E-state index is 0.630. The summed E-state index contributed by atoms with van der Waals surface area (Å²) in [5, 5.41) is 2.36. The molecule has 0 radical (unpaired) electrons. The van der Waals surface area contributed by atoms with Gasteiger partial charge in [-0.25, -0.2) is 0 Å². The number of rotatable bonds is 4. The average Bonchev–Trinajstić information content (AvgIpc) is 2.49. The number of ether oxygens (including phenoxy) is 2. The summed E-state index contributed by atoms with van der Waals surface area (Å²) in [5.74, 6) is 1.62. The summed E-state index contributed by atoms with van der Waals surface area (Å²) in [5.41, 5.74) is 2.38. The van der Waals surface area contributed by atoms with Crippen LogP contribution in [0.2, 0.25) is 0 Å². The van der Waals surface area contributed by atoms with E-state index in [1.807, 2.05) is 19.9 Å². The van der Waals surface area contributed by atoms with Gasteiger partial charge in [-0.1, -0.05) is 0 Å². The minimum Gasteiger partial charge on any atom is -0.490 e. The second-order valence-corrected chi connectivity index (χ2v) is 4.98. The largest absolute Gasteiger partial charge is 0.490 e. The Morgan fingerprint density at radius 2 is 1.67 bits per heavy atom. The molecule has 3 heteroatoms. The molecule has 2 heterocycles. The van der Waals surface area contributed by atoms with Crippen molar-refractivity contribution in [1.29, 1.82) is 0 Å². The highest BCUT2D eigenvalue weighted by molar-refractivity contribution is 5.89. The van der Waals surface area contributed by atoms with Gasteiger partial charge in [0.2, 0.25) is 5.52 Å². The van der Waals surface area contributed by atoms with Crippen molar-refractivity contribution in [3.63, 3.8) is 0 Å². The first-order chi connectivity index (χ1) is 10.2. The predicted molar refractivity (Wildman–Crippen MR) is 84.2 cm³/mol. The van der Waals surface area contributed by atoms with E-state index in [1.165, 1.54) is 22.0 Å². The SMILES string of the molecule is CCOc1cc2cc3cccc[n+]3c(C)c2cc1OCC. The Bertz CT molecular complexity index is 796. The number of benzene rings is 1. The molecule has 0 atom stereocenters. The van der Waals surface area contributed by atoms with Crippen LogP contribution in [0.4, 0.5) is 0 Å². The lowest BCUT2D eigenvalue weighted by Gasteiger charge is -2.12. The summed E-state index contributed by atoms with van der Waals surface area (Å²) >= 11 is 0. The molecule has 3 nitrogen and oxygen atoms in total. The summed E-state index contributed by atoms with van der Waals surface area (Å²) in [6.45, 7) is 7.37. The Kier molecular flexibility index (Phi) is 3.65. The molecule has 2 aromatic heterocycles. The van der Waals surface area contributed by atoms with Crippen molar-refractivity contribution in [1.82, 2.24) is 0 Å². The quantitative estimate of drug-likeness (QED) is 0.538. The van der Waals surface area contributed by atoms with E-state index in [2.05, 4.69) is 47.9 Å². The van der Waals surface area contributed by atoms with Gasteiger partial charge in [0.15, 0.2) is 23.4 Å². The topological polar surface area (TPSA) is 22.6 Å². The van der Waals surface area contributed by atoms with E-state index >= 15 is 0 Å². The van der Waals surface area contributed by atoms with Crippen molar-refractivity contribution in [2.45, 2.75) is 20.8 Å². The van der Waals surface area contributed by atoms with Crippen molar-refractivity contribution < 1.29 is 13.9 Å². The molecule has 1 aromatic carbocycles. The zero-order valence-corrected chi connectivity index (χ0v) is 12.7. The molecule has 0 aliphatic heterocycles. The molecule has 108 valence electrons.